The highest BCUT2D eigenvalue weighted by Gasteiger charge is 2.20. The van der Waals surface area contributed by atoms with Gasteiger partial charge in [-0.25, -0.2) is 0 Å². The SMILES string of the molecule is CN=C(NCCCCN(C)C(C)C)N1CCN(c2ccccc2Cl)CC1.I. The summed E-state index contributed by atoms with van der Waals surface area (Å²) in [5, 5.41) is 4.35. The van der Waals surface area contributed by atoms with Gasteiger partial charge in [0.1, 0.15) is 0 Å². The average Bonchev–Trinajstić information content (AvgIpc) is 2.65. The third kappa shape index (κ3) is 7.66. The molecule has 1 fully saturated rings. The summed E-state index contributed by atoms with van der Waals surface area (Å²) in [7, 11) is 4.06. The molecule has 0 amide bonds. The van der Waals surface area contributed by atoms with E-state index in [1.54, 1.807) is 0 Å². The van der Waals surface area contributed by atoms with Crippen LogP contribution in [-0.4, -0.2) is 75.2 Å². The van der Waals surface area contributed by atoms with Crippen LogP contribution in [0, 0.1) is 0 Å². The molecular weight excluding hydrogens is 473 g/mol. The molecule has 2 rings (SSSR count). The first-order chi connectivity index (χ1) is 12.5. The molecule has 0 aliphatic carbocycles. The van der Waals surface area contributed by atoms with E-state index in [1.807, 2.05) is 25.2 Å². The Kier molecular flexibility index (Phi) is 11.4. The summed E-state index contributed by atoms with van der Waals surface area (Å²) in [4.78, 5) is 11.6. The molecular formula is C20H35ClIN5. The number of hydrogen-bond acceptors (Lipinski definition) is 3. The van der Waals surface area contributed by atoms with Crippen LogP contribution in [0.15, 0.2) is 29.3 Å². The van der Waals surface area contributed by atoms with Crippen molar-refractivity contribution in [2.45, 2.75) is 32.7 Å². The fourth-order valence-corrected chi connectivity index (χ4v) is 3.40. The minimum atomic E-state index is 0. The van der Waals surface area contributed by atoms with Gasteiger partial charge in [-0.1, -0.05) is 23.7 Å². The lowest BCUT2D eigenvalue weighted by atomic mass is 10.2. The van der Waals surface area contributed by atoms with E-state index in [0.29, 0.717) is 6.04 Å². The summed E-state index contributed by atoms with van der Waals surface area (Å²) in [6.07, 6.45) is 2.37. The van der Waals surface area contributed by atoms with Crippen molar-refractivity contribution in [1.29, 1.82) is 0 Å². The van der Waals surface area contributed by atoms with Gasteiger partial charge in [0, 0.05) is 45.8 Å². The highest BCUT2D eigenvalue weighted by Crippen LogP contribution is 2.25. The molecule has 0 unspecified atom stereocenters. The number of rotatable bonds is 7. The normalized spacial score (nSPS) is 15.3. The van der Waals surface area contributed by atoms with Gasteiger partial charge in [-0.2, -0.15) is 0 Å². The topological polar surface area (TPSA) is 34.1 Å². The molecule has 1 heterocycles. The standard InChI is InChI=1S/C20H34ClN5.HI/c1-17(2)24(4)12-8-7-11-23-20(22-3)26-15-13-25(14-16-26)19-10-6-5-9-18(19)21;/h5-6,9-10,17H,7-8,11-16H2,1-4H3,(H,22,23);1H. The number of nitrogens with zero attached hydrogens (tertiary/aromatic N) is 4. The fraction of sp³-hybridized carbons (Fsp3) is 0.650. The highest BCUT2D eigenvalue weighted by molar-refractivity contribution is 14.0. The maximum Gasteiger partial charge on any atom is 0.193 e. The Balaban J connectivity index is 0.00000364. The summed E-state index contributed by atoms with van der Waals surface area (Å²) in [6, 6.07) is 8.70. The summed E-state index contributed by atoms with van der Waals surface area (Å²) < 4.78 is 0. The monoisotopic (exact) mass is 507 g/mol. The first-order valence-corrected chi connectivity index (χ1v) is 10.1. The molecule has 0 bridgehead atoms. The van der Waals surface area contributed by atoms with E-state index in [1.165, 1.54) is 6.42 Å². The molecule has 1 N–H and O–H groups in total. The maximum absolute atomic E-state index is 6.33. The van der Waals surface area contributed by atoms with E-state index in [9.17, 15) is 0 Å². The molecule has 1 aromatic carbocycles. The second-order valence-corrected chi connectivity index (χ2v) is 7.59. The number of unbranched alkanes of at least 4 members (excludes halogenated alkanes) is 1. The number of benzene rings is 1. The molecule has 1 aliphatic rings. The Hall–Kier alpha value is -0.730. The van der Waals surface area contributed by atoms with Crippen LogP contribution in [0.2, 0.25) is 5.02 Å². The van der Waals surface area contributed by atoms with Crippen molar-refractivity contribution < 1.29 is 0 Å². The molecule has 0 radical (unpaired) electrons. The van der Waals surface area contributed by atoms with Crippen molar-refractivity contribution in [2.75, 3.05) is 58.3 Å². The van der Waals surface area contributed by atoms with Crippen molar-refractivity contribution in [2.24, 2.45) is 4.99 Å². The number of para-hydroxylation sites is 1. The van der Waals surface area contributed by atoms with Crippen molar-refractivity contribution >= 4 is 47.2 Å². The Labute approximate surface area is 187 Å². The summed E-state index contributed by atoms with van der Waals surface area (Å²) in [5.74, 6) is 1.01. The minimum absolute atomic E-state index is 0. The minimum Gasteiger partial charge on any atom is -0.367 e. The van der Waals surface area contributed by atoms with E-state index in [-0.39, 0.29) is 24.0 Å². The van der Waals surface area contributed by atoms with Crippen molar-refractivity contribution in [3.8, 4) is 0 Å². The molecule has 154 valence electrons. The lowest BCUT2D eigenvalue weighted by Gasteiger charge is -2.38. The lowest BCUT2D eigenvalue weighted by Crippen LogP contribution is -2.52. The summed E-state index contributed by atoms with van der Waals surface area (Å²) in [5.41, 5.74) is 1.13. The molecule has 1 saturated heterocycles. The number of piperazine rings is 1. The summed E-state index contributed by atoms with van der Waals surface area (Å²) in [6.45, 7) is 10.4. The van der Waals surface area contributed by atoms with Gasteiger partial charge in [-0.15, -0.1) is 24.0 Å². The predicted molar refractivity (Wildman–Crippen MR) is 129 cm³/mol. The zero-order valence-electron chi connectivity index (χ0n) is 17.1. The van der Waals surface area contributed by atoms with E-state index >= 15 is 0 Å². The van der Waals surface area contributed by atoms with Gasteiger partial charge in [0.05, 0.1) is 10.7 Å². The number of anilines is 1. The van der Waals surface area contributed by atoms with Crippen LogP contribution in [0.1, 0.15) is 26.7 Å². The smallest absolute Gasteiger partial charge is 0.193 e. The van der Waals surface area contributed by atoms with Crippen LogP contribution in [0.3, 0.4) is 0 Å². The predicted octanol–water partition coefficient (Wildman–Crippen LogP) is 3.78. The van der Waals surface area contributed by atoms with Gasteiger partial charge in [-0.3, -0.25) is 4.99 Å². The van der Waals surface area contributed by atoms with Gasteiger partial charge < -0.3 is 20.0 Å². The van der Waals surface area contributed by atoms with Gasteiger partial charge in [0.25, 0.3) is 0 Å². The highest BCUT2D eigenvalue weighted by atomic mass is 127. The fourth-order valence-electron chi connectivity index (χ4n) is 3.14. The van der Waals surface area contributed by atoms with Crippen LogP contribution >= 0.6 is 35.6 Å². The van der Waals surface area contributed by atoms with E-state index in [2.05, 4.69) is 52.0 Å². The van der Waals surface area contributed by atoms with Gasteiger partial charge in [0.15, 0.2) is 5.96 Å². The Morgan fingerprint density at radius 1 is 1.19 bits per heavy atom. The van der Waals surface area contributed by atoms with Crippen LogP contribution in [0.25, 0.3) is 0 Å². The van der Waals surface area contributed by atoms with Crippen molar-refractivity contribution in [3.63, 3.8) is 0 Å². The van der Waals surface area contributed by atoms with E-state index in [0.717, 1.165) is 62.4 Å². The molecule has 7 heteroatoms. The lowest BCUT2D eigenvalue weighted by molar-refractivity contribution is 0.268. The summed E-state index contributed by atoms with van der Waals surface area (Å²) >= 11 is 6.33. The van der Waals surface area contributed by atoms with Crippen LogP contribution < -0.4 is 10.2 Å². The van der Waals surface area contributed by atoms with Crippen LogP contribution in [0.5, 0.6) is 0 Å². The molecule has 0 saturated carbocycles. The first kappa shape index (κ1) is 24.3. The average molecular weight is 508 g/mol. The van der Waals surface area contributed by atoms with Gasteiger partial charge in [0.2, 0.25) is 0 Å². The van der Waals surface area contributed by atoms with E-state index < -0.39 is 0 Å². The Morgan fingerprint density at radius 3 is 2.44 bits per heavy atom. The molecule has 0 atom stereocenters. The number of halogens is 2. The number of hydrogen-bond donors (Lipinski definition) is 1. The number of nitrogens with one attached hydrogen (secondary N) is 1. The molecule has 1 aromatic rings. The van der Waals surface area contributed by atoms with Crippen LogP contribution in [-0.2, 0) is 0 Å². The second-order valence-electron chi connectivity index (χ2n) is 7.18. The number of guanidine groups is 1. The largest absolute Gasteiger partial charge is 0.367 e. The second kappa shape index (κ2) is 12.7. The van der Waals surface area contributed by atoms with Crippen molar-refractivity contribution in [3.05, 3.63) is 29.3 Å². The van der Waals surface area contributed by atoms with E-state index in [4.69, 9.17) is 11.6 Å². The van der Waals surface area contributed by atoms with Gasteiger partial charge in [-0.05, 0) is 52.4 Å². The number of aliphatic imine (C=N–C) groups is 1. The van der Waals surface area contributed by atoms with Gasteiger partial charge >= 0.3 is 0 Å². The molecule has 0 aromatic heterocycles. The van der Waals surface area contributed by atoms with Crippen LogP contribution in [0.4, 0.5) is 5.69 Å². The maximum atomic E-state index is 6.33. The molecule has 0 spiro atoms. The Bertz CT molecular complexity index is 573. The Morgan fingerprint density at radius 2 is 1.85 bits per heavy atom. The zero-order valence-corrected chi connectivity index (χ0v) is 20.2. The first-order valence-electron chi connectivity index (χ1n) is 9.68. The van der Waals surface area contributed by atoms with Crippen molar-refractivity contribution in [1.82, 2.24) is 15.1 Å². The molecule has 27 heavy (non-hydrogen) atoms. The molecule has 5 nitrogen and oxygen atoms in total. The third-order valence-electron chi connectivity index (χ3n) is 5.09. The third-order valence-corrected chi connectivity index (χ3v) is 5.41. The molecule has 1 aliphatic heterocycles. The zero-order chi connectivity index (χ0) is 18.9. The quantitative estimate of drug-likeness (QED) is 0.264.